The lowest BCUT2D eigenvalue weighted by Crippen LogP contribution is -2.42. The number of methoxy groups -OCH3 is 1. The Morgan fingerprint density at radius 3 is 2.37 bits per heavy atom. The molecule has 0 bridgehead atoms. The molecular weight excluding hydrogens is 456 g/mol. The average molecular weight is 487 g/mol. The monoisotopic (exact) mass is 486 g/mol. The minimum Gasteiger partial charge on any atom is -0.497 e. The molecule has 5 nitrogen and oxygen atoms in total. The van der Waals surface area contributed by atoms with Gasteiger partial charge in [-0.2, -0.15) is 0 Å². The van der Waals surface area contributed by atoms with Gasteiger partial charge in [0.15, 0.2) is 10.6 Å². The first-order valence-electron chi connectivity index (χ1n) is 12.0. The quantitative estimate of drug-likeness (QED) is 0.535. The number of aromatic nitrogens is 1. The third-order valence-electron chi connectivity index (χ3n) is 6.83. The fourth-order valence-corrected chi connectivity index (χ4v) is 6.00. The highest BCUT2D eigenvalue weighted by Crippen LogP contribution is 2.43. The molecule has 0 radical (unpaired) electrons. The standard InChI is InChI=1S/C29H30N2O3S/c1-17(2)19-8-6-18(7-9-19)14-24-27(33)31-26(20-10-12-21(34-5)13-11-20)25-22(30-28(31)35-24)15-29(3,4)16-23(25)32/h6-14,17,26H,15-16H2,1-5H3. The largest absolute Gasteiger partial charge is 0.497 e. The maximum absolute atomic E-state index is 13.7. The van der Waals surface area contributed by atoms with E-state index in [1.165, 1.54) is 16.9 Å². The van der Waals surface area contributed by atoms with Gasteiger partial charge in [0, 0.05) is 12.0 Å². The predicted octanol–water partition coefficient (Wildman–Crippen LogP) is 4.74. The van der Waals surface area contributed by atoms with E-state index in [1.54, 1.807) is 11.7 Å². The highest BCUT2D eigenvalue weighted by Gasteiger charge is 2.40. The van der Waals surface area contributed by atoms with E-state index in [4.69, 9.17) is 9.73 Å². The van der Waals surface area contributed by atoms with Crippen molar-refractivity contribution in [3.63, 3.8) is 0 Å². The third kappa shape index (κ3) is 4.31. The maximum atomic E-state index is 13.7. The van der Waals surface area contributed by atoms with Gasteiger partial charge in [0.1, 0.15) is 5.75 Å². The molecule has 35 heavy (non-hydrogen) atoms. The summed E-state index contributed by atoms with van der Waals surface area (Å²) >= 11 is 1.39. The van der Waals surface area contributed by atoms with E-state index in [1.807, 2.05) is 42.5 Å². The van der Waals surface area contributed by atoms with Crippen LogP contribution in [0.25, 0.3) is 6.08 Å². The van der Waals surface area contributed by atoms with Crippen molar-refractivity contribution in [2.45, 2.75) is 52.5 Å². The molecule has 0 saturated heterocycles. The molecular formula is C29H30N2O3S. The van der Waals surface area contributed by atoms with Gasteiger partial charge in [-0.1, -0.05) is 75.4 Å². The van der Waals surface area contributed by atoms with Crippen molar-refractivity contribution in [1.82, 2.24) is 4.57 Å². The van der Waals surface area contributed by atoms with Gasteiger partial charge in [0.2, 0.25) is 0 Å². The number of ether oxygens (including phenoxy) is 1. The molecule has 2 heterocycles. The Balaban J connectivity index is 1.70. The van der Waals surface area contributed by atoms with E-state index in [0.717, 1.165) is 22.6 Å². The van der Waals surface area contributed by atoms with Gasteiger partial charge >= 0.3 is 0 Å². The van der Waals surface area contributed by atoms with Crippen LogP contribution in [0.5, 0.6) is 5.75 Å². The lowest BCUT2D eigenvalue weighted by atomic mass is 9.73. The highest BCUT2D eigenvalue weighted by atomic mass is 32.1. The number of carbonyl (C=O) groups excluding carboxylic acids is 1. The zero-order chi connectivity index (χ0) is 24.9. The highest BCUT2D eigenvalue weighted by molar-refractivity contribution is 7.07. The molecule has 0 saturated carbocycles. The molecule has 5 rings (SSSR count). The number of nitrogens with zero attached hydrogens (tertiary/aromatic N) is 2. The second-order valence-corrected chi connectivity index (χ2v) is 11.5. The van der Waals surface area contributed by atoms with Crippen LogP contribution in [0.1, 0.15) is 69.2 Å². The maximum Gasteiger partial charge on any atom is 0.271 e. The molecule has 1 aliphatic heterocycles. The first-order chi connectivity index (χ1) is 16.7. The van der Waals surface area contributed by atoms with E-state index in [9.17, 15) is 9.59 Å². The van der Waals surface area contributed by atoms with Gasteiger partial charge in [-0.25, -0.2) is 4.99 Å². The molecule has 2 aliphatic rings. The van der Waals surface area contributed by atoms with Gasteiger partial charge in [-0.3, -0.25) is 14.2 Å². The summed E-state index contributed by atoms with van der Waals surface area (Å²) in [7, 11) is 1.62. The second kappa shape index (κ2) is 8.76. The number of allylic oxidation sites excluding steroid dienone is 2. The smallest absolute Gasteiger partial charge is 0.271 e. The van der Waals surface area contributed by atoms with E-state index in [-0.39, 0.29) is 16.8 Å². The summed E-state index contributed by atoms with van der Waals surface area (Å²) in [4.78, 5) is 32.6. The molecule has 1 aliphatic carbocycles. The summed E-state index contributed by atoms with van der Waals surface area (Å²) in [6, 6.07) is 15.4. The van der Waals surface area contributed by atoms with Gasteiger partial charge in [0.25, 0.3) is 5.56 Å². The third-order valence-corrected chi connectivity index (χ3v) is 7.81. The molecule has 1 atom stereocenters. The van der Waals surface area contributed by atoms with Crippen LogP contribution in [0, 0.1) is 5.41 Å². The molecule has 2 aromatic carbocycles. The van der Waals surface area contributed by atoms with Crippen molar-refractivity contribution in [3.8, 4) is 5.75 Å². The zero-order valence-electron chi connectivity index (χ0n) is 20.8. The molecule has 180 valence electrons. The first kappa shape index (κ1) is 23.5. The number of carbonyl (C=O) groups is 1. The first-order valence-corrected chi connectivity index (χ1v) is 12.8. The van der Waals surface area contributed by atoms with Gasteiger partial charge in [-0.15, -0.1) is 0 Å². The van der Waals surface area contributed by atoms with Crippen LogP contribution in [0.15, 0.2) is 69.6 Å². The molecule has 6 heteroatoms. The number of fused-ring (bicyclic) bond motifs is 1. The minimum absolute atomic E-state index is 0.0689. The molecule has 0 N–H and O–H groups in total. The Labute approximate surface area is 209 Å². The van der Waals surface area contributed by atoms with Crippen LogP contribution in [0.3, 0.4) is 0 Å². The van der Waals surface area contributed by atoms with Crippen LogP contribution in [0.4, 0.5) is 0 Å². The predicted molar refractivity (Wildman–Crippen MR) is 140 cm³/mol. The number of rotatable bonds is 4. The van der Waals surface area contributed by atoms with Crippen molar-refractivity contribution in [3.05, 3.63) is 96.2 Å². The molecule has 0 amide bonds. The summed E-state index contributed by atoms with van der Waals surface area (Å²) in [5.41, 5.74) is 4.30. The Morgan fingerprint density at radius 2 is 1.74 bits per heavy atom. The van der Waals surface area contributed by atoms with Crippen LogP contribution in [-0.2, 0) is 4.79 Å². The van der Waals surface area contributed by atoms with Crippen molar-refractivity contribution < 1.29 is 9.53 Å². The number of benzene rings is 2. The summed E-state index contributed by atoms with van der Waals surface area (Å²) in [5.74, 6) is 1.25. The van der Waals surface area contributed by atoms with Crippen molar-refractivity contribution in [2.24, 2.45) is 10.4 Å². The molecule has 3 aromatic rings. The average Bonchev–Trinajstić information content (AvgIpc) is 3.12. The Morgan fingerprint density at radius 1 is 1.06 bits per heavy atom. The van der Waals surface area contributed by atoms with Crippen molar-refractivity contribution in [1.29, 1.82) is 0 Å². The number of Topliss-reactive ketones (excluding diaryl/α,β-unsaturated/α-hetero) is 1. The van der Waals surface area contributed by atoms with Crippen molar-refractivity contribution >= 4 is 23.2 Å². The number of hydrogen-bond donors (Lipinski definition) is 0. The molecule has 0 spiro atoms. The minimum atomic E-state index is -0.485. The summed E-state index contributed by atoms with van der Waals surface area (Å²) in [6.07, 6.45) is 3.08. The summed E-state index contributed by atoms with van der Waals surface area (Å²) < 4.78 is 7.65. The Kier molecular flexibility index (Phi) is 5.88. The topological polar surface area (TPSA) is 60.7 Å². The molecule has 1 aromatic heterocycles. The number of hydrogen-bond acceptors (Lipinski definition) is 5. The summed E-state index contributed by atoms with van der Waals surface area (Å²) in [6.45, 7) is 8.53. The number of ketones is 1. The summed E-state index contributed by atoms with van der Waals surface area (Å²) in [5, 5.41) is 0. The molecule has 1 unspecified atom stereocenters. The lowest BCUT2D eigenvalue weighted by molar-refractivity contribution is -0.118. The fraction of sp³-hybridized carbons (Fsp3) is 0.345. The lowest BCUT2D eigenvalue weighted by Gasteiger charge is -2.35. The van der Waals surface area contributed by atoms with Crippen LogP contribution < -0.4 is 19.6 Å². The van der Waals surface area contributed by atoms with Gasteiger partial charge in [0.05, 0.1) is 23.4 Å². The van der Waals surface area contributed by atoms with Crippen LogP contribution in [0.2, 0.25) is 0 Å². The zero-order valence-corrected chi connectivity index (χ0v) is 21.6. The fourth-order valence-electron chi connectivity index (χ4n) is 4.98. The van der Waals surface area contributed by atoms with Crippen LogP contribution >= 0.6 is 11.3 Å². The molecule has 0 fully saturated rings. The van der Waals surface area contributed by atoms with E-state index in [2.05, 4.69) is 39.8 Å². The van der Waals surface area contributed by atoms with E-state index < -0.39 is 6.04 Å². The van der Waals surface area contributed by atoms with Gasteiger partial charge in [-0.05, 0) is 52.7 Å². The van der Waals surface area contributed by atoms with Crippen LogP contribution in [-0.4, -0.2) is 17.5 Å². The Hall–Kier alpha value is -3.25. The normalized spacial score (nSPS) is 19.4. The SMILES string of the molecule is COc1ccc(C2C3=C(CC(C)(C)CC3=O)N=c3sc(=Cc4ccc(C(C)C)cc4)c(=O)n32)cc1. The Bertz CT molecular complexity index is 1500. The van der Waals surface area contributed by atoms with Crippen molar-refractivity contribution in [2.75, 3.05) is 7.11 Å². The van der Waals surface area contributed by atoms with E-state index >= 15 is 0 Å². The number of thiazole rings is 1. The van der Waals surface area contributed by atoms with Gasteiger partial charge < -0.3 is 4.74 Å². The second-order valence-electron chi connectivity index (χ2n) is 10.5. The van der Waals surface area contributed by atoms with E-state index in [0.29, 0.717) is 33.7 Å².